The second-order valence-electron chi connectivity index (χ2n) is 0.569. The van der Waals surface area contributed by atoms with Crippen molar-refractivity contribution in [2.75, 3.05) is 0 Å². The third kappa shape index (κ3) is 11.0. The van der Waals surface area contributed by atoms with Crippen LogP contribution in [0.25, 0.3) is 0 Å². The molecule has 0 atom stereocenters. The van der Waals surface area contributed by atoms with Crippen LogP contribution < -0.4 is 51.4 Å². The molecule has 0 aliphatic carbocycles. The van der Waals surface area contributed by atoms with E-state index in [2.05, 4.69) is 6.92 Å². The minimum Gasteiger partial charge on any atom is -0.245 e. The first-order chi connectivity index (χ1) is 1.91. The van der Waals surface area contributed by atoms with Crippen LogP contribution in [0.1, 0.15) is 6.92 Å². The van der Waals surface area contributed by atoms with E-state index < -0.39 is 0 Å². The molecule has 0 aromatic heterocycles. The van der Waals surface area contributed by atoms with Gasteiger partial charge in [0.2, 0.25) is 0 Å². The molecule has 0 aromatic carbocycles. The quantitative estimate of drug-likeness (QED) is 0.250. The van der Waals surface area contributed by atoms with Gasteiger partial charge >= 0.3 is 51.4 Å². The van der Waals surface area contributed by atoms with E-state index in [4.69, 9.17) is 0 Å². The molecule has 0 amide bonds. The first kappa shape index (κ1) is 9.53. The molecule has 0 unspecified atom stereocenters. The maximum Gasteiger partial charge on any atom is 1.00 e. The molecular weight excluding hydrogens is 87.1 g/mol. The Morgan fingerprint density at radius 1 is 1.60 bits per heavy atom. The third-order valence-electron chi connectivity index (χ3n) is 0.236. The van der Waals surface area contributed by atoms with Crippen LogP contribution in [0.3, 0.4) is 0 Å². The summed E-state index contributed by atoms with van der Waals surface area (Å²) in [7, 11) is 0. The SMILES string of the molecule is [CH2-]/C=C\C.[K+]. The zero-order valence-corrected chi connectivity index (χ0v) is 6.98. The molecule has 0 aliphatic heterocycles. The average molecular weight is 94.2 g/mol. The Balaban J connectivity index is 0. The molecule has 0 N–H and O–H groups in total. The molecule has 0 nitrogen and oxygen atoms in total. The fourth-order valence-corrected chi connectivity index (χ4v) is 0. The van der Waals surface area contributed by atoms with Gasteiger partial charge in [-0.3, -0.25) is 0 Å². The maximum atomic E-state index is 3.42. The van der Waals surface area contributed by atoms with Gasteiger partial charge in [-0.2, -0.15) is 0 Å². The Bertz CT molecular complexity index is 18.8. The van der Waals surface area contributed by atoms with Crippen molar-refractivity contribution in [1.82, 2.24) is 0 Å². The zero-order chi connectivity index (χ0) is 3.41. The van der Waals surface area contributed by atoms with Gasteiger partial charge in [0.25, 0.3) is 0 Å². The predicted octanol–water partition coefficient (Wildman–Crippen LogP) is -1.60. The molecule has 0 radical (unpaired) electrons. The van der Waals surface area contributed by atoms with E-state index in [1.54, 1.807) is 6.08 Å². The summed E-state index contributed by atoms with van der Waals surface area (Å²) in [5, 5.41) is 0. The van der Waals surface area contributed by atoms with Gasteiger partial charge in [0.05, 0.1) is 0 Å². The summed E-state index contributed by atoms with van der Waals surface area (Å²) >= 11 is 0. The minimum absolute atomic E-state index is 0. The second kappa shape index (κ2) is 8.98. The van der Waals surface area contributed by atoms with Gasteiger partial charge < -0.3 is 0 Å². The standard InChI is InChI=1S/C4H7.K/c1-3-4-2;/h3-4H,1H2,2H3;/q-1;+1/b4-3-;. The summed E-state index contributed by atoms with van der Waals surface area (Å²) in [5.41, 5.74) is 0. The van der Waals surface area contributed by atoms with Gasteiger partial charge in [-0.15, -0.1) is 6.92 Å². The van der Waals surface area contributed by atoms with Gasteiger partial charge in [0.1, 0.15) is 0 Å². The van der Waals surface area contributed by atoms with Crippen molar-refractivity contribution in [2.45, 2.75) is 6.92 Å². The van der Waals surface area contributed by atoms with E-state index in [0.29, 0.717) is 0 Å². The van der Waals surface area contributed by atoms with Crippen LogP contribution in [0.4, 0.5) is 0 Å². The van der Waals surface area contributed by atoms with E-state index in [9.17, 15) is 0 Å². The summed E-state index contributed by atoms with van der Waals surface area (Å²) in [6, 6.07) is 0. The molecule has 0 fully saturated rings. The maximum absolute atomic E-state index is 3.42. The molecule has 5 heavy (non-hydrogen) atoms. The van der Waals surface area contributed by atoms with Crippen LogP contribution in [-0.2, 0) is 0 Å². The molecule has 0 aromatic rings. The normalized spacial score (nSPS) is 7.40. The number of allylic oxidation sites excluding steroid dienone is 2. The summed E-state index contributed by atoms with van der Waals surface area (Å²) < 4.78 is 0. The van der Waals surface area contributed by atoms with Crippen molar-refractivity contribution >= 4 is 0 Å². The molecule has 1 heteroatoms. The Kier molecular flexibility index (Phi) is 17.1. The first-order valence-corrected chi connectivity index (χ1v) is 1.32. The van der Waals surface area contributed by atoms with Crippen LogP contribution in [0.5, 0.6) is 0 Å². The Hall–Kier alpha value is 1.25. The summed E-state index contributed by atoms with van der Waals surface area (Å²) in [5.74, 6) is 0. The number of hydrogen-bond donors (Lipinski definition) is 0. The largest absolute Gasteiger partial charge is 1.00 e. The van der Waals surface area contributed by atoms with E-state index in [1.165, 1.54) is 0 Å². The van der Waals surface area contributed by atoms with Gasteiger partial charge in [0, 0.05) is 0 Å². The third-order valence-corrected chi connectivity index (χ3v) is 0.236. The summed E-state index contributed by atoms with van der Waals surface area (Å²) in [6.45, 7) is 5.36. The monoisotopic (exact) mass is 94.0 g/mol. The van der Waals surface area contributed by atoms with Crippen molar-refractivity contribution in [3.8, 4) is 0 Å². The fourth-order valence-electron chi connectivity index (χ4n) is 0. The number of hydrogen-bond acceptors (Lipinski definition) is 0. The van der Waals surface area contributed by atoms with Crippen molar-refractivity contribution in [1.29, 1.82) is 0 Å². The molecule has 0 rings (SSSR count). The van der Waals surface area contributed by atoms with Crippen LogP contribution >= 0.6 is 0 Å². The molecule has 0 saturated heterocycles. The average Bonchev–Trinajstić information content (AvgIpc) is 1.37. The molecule has 24 valence electrons. The van der Waals surface area contributed by atoms with Crippen LogP contribution in [0.15, 0.2) is 12.2 Å². The Labute approximate surface area is 76.1 Å². The second-order valence-corrected chi connectivity index (χ2v) is 0.569. The zero-order valence-electron chi connectivity index (χ0n) is 3.86. The van der Waals surface area contributed by atoms with Gasteiger partial charge in [-0.25, -0.2) is 19.1 Å². The van der Waals surface area contributed by atoms with Crippen LogP contribution in [0, 0.1) is 6.92 Å². The van der Waals surface area contributed by atoms with Gasteiger partial charge in [0.15, 0.2) is 0 Å². The van der Waals surface area contributed by atoms with E-state index in [-0.39, 0.29) is 51.4 Å². The van der Waals surface area contributed by atoms with Crippen molar-refractivity contribution in [3.05, 3.63) is 19.1 Å². The summed E-state index contributed by atoms with van der Waals surface area (Å²) in [4.78, 5) is 0. The van der Waals surface area contributed by atoms with Crippen LogP contribution in [0.2, 0.25) is 0 Å². The predicted molar refractivity (Wildman–Crippen MR) is 20.2 cm³/mol. The molecule has 0 bridgehead atoms. The fraction of sp³-hybridized carbons (Fsp3) is 0.250. The first-order valence-electron chi connectivity index (χ1n) is 1.32. The van der Waals surface area contributed by atoms with E-state index in [0.717, 1.165) is 0 Å². The molecule has 0 saturated carbocycles. The van der Waals surface area contributed by atoms with Gasteiger partial charge in [-0.1, -0.05) is 0 Å². The van der Waals surface area contributed by atoms with E-state index >= 15 is 0 Å². The number of rotatable bonds is 0. The Morgan fingerprint density at radius 2 is 1.80 bits per heavy atom. The van der Waals surface area contributed by atoms with Crippen molar-refractivity contribution in [3.63, 3.8) is 0 Å². The van der Waals surface area contributed by atoms with Crippen LogP contribution in [-0.4, -0.2) is 0 Å². The smallest absolute Gasteiger partial charge is 0.245 e. The minimum atomic E-state index is 0. The van der Waals surface area contributed by atoms with E-state index in [1.807, 2.05) is 13.0 Å². The van der Waals surface area contributed by atoms with Crippen molar-refractivity contribution < 1.29 is 51.4 Å². The molecule has 0 heterocycles. The molecule has 0 aliphatic rings. The summed E-state index contributed by atoms with van der Waals surface area (Å²) in [6.07, 6.45) is 3.64. The van der Waals surface area contributed by atoms with Gasteiger partial charge in [-0.05, 0) is 0 Å². The molecule has 0 spiro atoms. The van der Waals surface area contributed by atoms with Crippen molar-refractivity contribution in [2.24, 2.45) is 0 Å². The molecular formula is C4H7K. The Morgan fingerprint density at radius 3 is 1.80 bits per heavy atom. The topological polar surface area (TPSA) is 0 Å².